The molecule has 28 heavy (non-hydrogen) atoms. The molecule has 1 aliphatic heterocycles. The summed E-state index contributed by atoms with van der Waals surface area (Å²) in [6, 6.07) is 4.38. The van der Waals surface area contributed by atoms with E-state index in [1.807, 2.05) is 6.92 Å². The molecule has 0 aromatic heterocycles. The number of benzene rings is 1. The van der Waals surface area contributed by atoms with Crippen molar-refractivity contribution in [1.29, 1.82) is 0 Å². The Morgan fingerprint density at radius 1 is 1.14 bits per heavy atom. The van der Waals surface area contributed by atoms with Gasteiger partial charge in [-0.3, -0.25) is 4.79 Å². The Kier molecular flexibility index (Phi) is 6.12. The maximum atomic E-state index is 12.6. The van der Waals surface area contributed by atoms with E-state index in [1.54, 1.807) is 17.0 Å². The first-order valence-electron chi connectivity index (χ1n) is 9.34. The maximum absolute atomic E-state index is 12.6. The minimum absolute atomic E-state index is 0.0146. The van der Waals surface area contributed by atoms with Crippen LogP contribution in [0.2, 0.25) is 0 Å². The van der Waals surface area contributed by atoms with Crippen LogP contribution in [0.3, 0.4) is 0 Å². The summed E-state index contributed by atoms with van der Waals surface area (Å²) in [5.74, 6) is -0.00198. The van der Waals surface area contributed by atoms with Gasteiger partial charge < -0.3 is 19.1 Å². The number of nitrogens with zero attached hydrogens (tertiary/aromatic N) is 1. The van der Waals surface area contributed by atoms with Gasteiger partial charge in [-0.1, -0.05) is 0 Å². The molecule has 1 aromatic rings. The fourth-order valence-corrected chi connectivity index (χ4v) is 5.12. The molecule has 154 valence electrons. The Morgan fingerprint density at radius 3 is 2.46 bits per heavy atom. The summed E-state index contributed by atoms with van der Waals surface area (Å²) in [4.78, 5) is 26.6. The highest BCUT2D eigenvalue weighted by Crippen LogP contribution is 2.32. The topological polar surface area (TPSA) is 99.2 Å². The summed E-state index contributed by atoms with van der Waals surface area (Å²) in [5.41, 5.74) is 0.245. The third-order valence-corrected chi connectivity index (χ3v) is 6.61. The molecule has 1 saturated carbocycles. The summed E-state index contributed by atoms with van der Waals surface area (Å²) in [7, 11) is -1.63. The molecular weight excluding hydrogens is 386 g/mol. The molecule has 0 unspecified atom stereocenters. The van der Waals surface area contributed by atoms with Crippen LogP contribution in [-0.2, 0) is 19.4 Å². The average Bonchev–Trinajstić information content (AvgIpc) is 3.43. The number of methoxy groups -OCH3 is 1. The van der Waals surface area contributed by atoms with E-state index in [-0.39, 0.29) is 35.1 Å². The predicted molar refractivity (Wildman–Crippen MR) is 101 cm³/mol. The monoisotopic (exact) mass is 411 g/mol. The molecule has 9 heteroatoms. The second kappa shape index (κ2) is 8.38. The lowest BCUT2D eigenvalue weighted by atomic mass is 10.2. The molecular formula is C19H25NO7S. The van der Waals surface area contributed by atoms with E-state index in [1.165, 1.54) is 13.2 Å². The van der Waals surface area contributed by atoms with Crippen molar-refractivity contribution in [2.45, 2.75) is 38.3 Å². The van der Waals surface area contributed by atoms with E-state index in [4.69, 9.17) is 14.2 Å². The van der Waals surface area contributed by atoms with Crippen molar-refractivity contribution in [3.8, 4) is 11.5 Å². The van der Waals surface area contributed by atoms with Gasteiger partial charge in [-0.25, -0.2) is 13.2 Å². The lowest BCUT2D eigenvalue weighted by Gasteiger charge is -2.28. The van der Waals surface area contributed by atoms with Crippen LogP contribution in [0.4, 0.5) is 0 Å². The fraction of sp³-hybridized carbons (Fsp3) is 0.579. The number of hydrogen-bond acceptors (Lipinski definition) is 7. The minimum atomic E-state index is -3.10. The van der Waals surface area contributed by atoms with Crippen molar-refractivity contribution in [3.63, 3.8) is 0 Å². The molecule has 0 bridgehead atoms. The zero-order valence-electron chi connectivity index (χ0n) is 16.0. The molecule has 1 aromatic carbocycles. The smallest absolute Gasteiger partial charge is 0.338 e. The van der Waals surface area contributed by atoms with Crippen molar-refractivity contribution >= 4 is 21.7 Å². The molecule has 1 aliphatic carbocycles. The van der Waals surface area contributed by atoms with E-state index in [2.05, 4.69) is 0 Å². The van der Waals surface area contributed by atoms with Crippen molar-refractivity contribution in [1.82, 2.24) is 4.90 Å². The molecule has 3 rings (SSSR count). The summed E-state index contributed by atoms with van der Waals surface area (Å²) >= 11 is 0. The van der Waals surface area contributed by atoms with E-state index in [0.717, 1.165) is 12.8 Å². The molecule has 1 heterocycles. The SMILES string of the molecule is CCOc1ccc(C(=O)OCC(=O)N(C2CC2)[C@@H]2CCS(=O)(=O)C2)cc1OC. The summed E-state index contributed by atoms with van der Waals surface area (Å²) in [6.45, 7) is 1.89. The third-order valence-electron chi connectivity index (χ3n) is 4.86. The third kappa shape index (κ3) is 4.76. The van der Waals surface area contributed by atoms with Crippen LogP contribution in [-0.4, -0.2) is 69.1 Å². The first-order chi connectivity index (χ1) is 13.3. The van der Waals surface area contributed by atoms with Crippen LogP contribution in [0.15, 0.2) is 18.2 Å². The van der Waals surface area contributed by atoms with Gasteiger partial charge in [0.15, 0.2) is 27.9 Å². The molecule has 2 fully saturated rings. The lowest BCUT2D eigenvalue weighted by Crippen LogP contribution is -2.44. The highest BCUT2D eigenvalue weighted by Gasteiger charge is 2.42. The number of carbonyl (C=O) groups excluding carboxylic acids is 2. The van der Waals surface area contributed by atoms with Gasteiger partial charge in [0, 0.05) is 12.1 Å². The zero-order valence-corrected chi connectivity index (χ0v) is 16.9. The number of hydrogen-bond donors (Lipinski definition) is 0. The van der Waals surface area contributed by atoms with Gasteiger partial charge in [0.1, 0.15) is 0 Å². The Morgan fingerprint density at radius 2 is 1.89 bits per heavy atom. The fourth-order valence-electron chi connectivity index (χ4n) is 3.41. The van der Waals surface area contributed by atoms with E-state index < -0.39 is 22.4 Å². The number of sulfone groups is 1. The van der Waals surface area contributed by atoms with E-state index in [0.29, 0.717) is 24.5 Å². The Balaban J connectivity index is 1.62. The lowest BCUT2D eigenvalue weighted by molar-refractivity contribution is -0.137. The van der Waals surface area contributed by atoms with Crippen LogP contribution in [0.5, 0.6) is 11.5 Å². The van der Waals surface area contributed by atoms with E-state index in [9.17, 15) is 18.0 Å². The van der Waals surface area contributed by atoms with Crippen LogP contribution in [0.25, 0.3) is 0 Å². The van der Waals surface area contributed by atoms with E-state index >= 15 is 0 Å². The molecule has 8 nitrogen and oxygen atoms in total. The molecule has 0 N–H and O–H groups in total. The standard InChI is InChI=1S/C19H25NO7S/c1-3-26-16-7-4-13(10-17(16)25-2)19(22)27-11-18(21)20(14-5-6-14)15-8-9-28(23,24)12-15/h4,7,10,14-15H,3,5-6,8-9,11-12H2,1-2H3/t15-/m1/s1. The Bertz CT molecular complexity index is 848. The molecule has 1 saturated heterocycles. The molecule has 0 spiro atoms. The largest absolute Gasteiger partial charge is 0.493 e. The van der Waals surface area contributed by atoms with Gasteiger partial charge in [-0.05, 0) is 44.4 Å². The summed E-state index contributed by atoms with van der Waals surface area (Å²) in [6.07, 6.45) is 2.15. The van der Waals surface area contributed by atoms with Gasteiger partial charge in [0.2, 0.25) is 0 Å². The van der Waals surface area contributed by atoms with Crippen molar-refractivity contribution in [3.05, 3.63) is 23.8 Å². The van der Waals surface area contributed by atoms with Crippen molar-refractivity contribution < 1.29 is 32.2 Å². The molecule has 2 aliphatic rings. The number of esters is 1. The molecule has 1 atom stereocenters. The first kappa shape index (κ1) is 20.4. The van der Waals surface area contributed by atoms with Gasteiger partial charge in [0.05, 0.1) is 30.8 Å². The number of rotatable bonds is 8. The predicted octanol–water partition coefficient (Wildman–Crippen LogP) is 1.43. The Labute approximate surface area is 164 Å². The van der Waals surface area contributed by atoms with Gasteiger partial charge in [-0.15, -0.1) is 0 Å². The maximum Gasteiger partial charge on any atom is 0.338 e. The average molecular weight is 411 g/mol. The highest BCUT2D eigenvalue weighted by atomic mass is 32.2. The van der Waals surface area contributed by atoms with Crippen molar-refractivity contribution in [2.24, 2.45) is 0 Å². The number of amides is 1. The zero-order chi connectivity index (χ0) is 20.3. The van der Waals surface area contributed by atoms with Gasteiger partial charge >= 0.3 is 5.97 Å². The highest BCUT2D eigenvalue weighted by molar-refractivity contribution is 7.91. The molecule has 1 amide bonds. The second-order valence-electron chi connectivity index (χ2n) is 6.96. The normalized spacial score (nSPS) is 20.4. The van der Waals surface area contributed by atoms with Crippen LogP contribution >= 0.6 is 0 Å². The quantitative estimate of drug-likeness (QED) is 0.597. The molecule has 0 radical (unpaired) electrons. The summed E-state index contributed by atoms with van der Waals surface area (Å²) < 4.78 is 39.3. The summed E-state index contributed by atoms with van der Waals surface area (Å²) in [5, 5.41) is 0. The number of carbonyl (C=O) groups is 2. The van der Waals surface area contributed by atoms with Crippen molar-refractivity contribution in [2.75, 3.05) is 31.8 Å². The van der Waals surface area contributed by atoms with Gasteiger partial charge in [-0.2, -0.15) is 0 Å². The second-order valence-corrected chi connectivity index (χ2v) is 9.19. The van der Waals surface area contributed by atoms with Gasteiger partial charge in [0.25, 0.3) is 5.91 Å². The van der Waals surface area contributed by atoms with Crippen LogP contribution in [0.1, 0.15) is 36.5 Å². The van der Waals surface area contributed by atoms with Crippen LogP contribution < -0.4 is 9.47 Å². The number of ether oxygens (including phenoxy) is 3. The first-order valence-corrected chi connectivity index (χ1v) is 11.2. The van der Waals surface area contributed by atoms with Crippen LogP contribution in [0, 0.1) is 0 Å². The Hall–Kier alpha value is -2.29. The minimum Gasteiger partial charge on any atom is -0.493 e.